The van der Waals surface area contributed by atoms with Gasteiger partial charge in [-0.3, -0.25) is 4.79 Å². The number of hydrogen-bond acceptors (Lipinski definition) is 4. The minimum Gasteiger partial charge on any atom is -0.426 e. The molecule has 0 aromatic carbocycles. The Morgan fingerprint density at radius 3 is 2.12 bits per heavy atom. The van der Waals surface area contributed by atoms with E-state index in [2.05, 4.69) is 5.32 Å². The van der Waals surface area contributed by atoms with E-state index in [1.807, 2.05) is 27.7 Å². The van der Waals surface area contributed by atoms with Gasteiger partial charge in [0.1, 0.15) is 0 Å². The van der Waals surface area contributed by atoms with Gasteiger partial charge >= 0.3 is 7.12 Å². The highest BCUT2D eigenvalue weighted by Gasteiger charge is 2.28. The summed E-state index contributed by atoms with van der Waals surface area (Å²) in [5, 5.41) is 20.8. The maximum atomic E-state index is 11.6. The van der Waals surface area contributed by atoms with Crippen LogP contribution in [0, 0.1) is 11.8 Å². The maximum Gasteiger partial charge on any atom is 0.475 e. The van der Waals surface area contributed by atoms with Crippen molar-refractivity contribution in [1.29, 1.82) is 0 Å². The van der Waals surface area contributed by atoms with Crippen LogP contribution in [0.5, 0.6) is 0 Å². The third-order valence-electron chi connectivity index (χ3n) is 2.43. The van der Waals surface area contributed by atoms with Crippen molar-refractivity contribution >= 4 is 13.0 Å². The quantitative estimate of drug-likeness (QED) is 0.463. The van der Waals surface area contributed by atoms with Crippen LogP contribution in [0.1, 0.15) is 34.1 Å². The average molecular weight is 230 g/mol. The van der Waals surface area contributed by atoms with E-state index in [1.54, 1.807) is 0 Å². The average Bonchev–Trinajstić information content (AvgIpc) is 2.14. The van der Waals surface area contributed by atoms with Crippen molar-refractivity contribution < 1.29 is 14.8 Å². The zero-order chi connectivity index (χ0) is 12.9. The zero-order valence-corrected chi connectivity index (χ0v) is 10.5. The van der Waals surface area contributed by atoms with Gasteiger partial charge < -0.3 is 21.1 Å². The summed E-state index contributed by atoms with van der Waals surface area (Å²) < 4.78 is 0. The second kappa shape index (κ2) is 6.88. The van der Waals surface area contributed by atoms with Crippen molar-refractivity contribution in [3.63, 3.8) is 0 Å². The zero-order valence-electron chi connectivity index (χ0n) is 10.5. The van der Waals surface area contributed by atoms with Gasteiger partial charge in [0.2, 0.25) is 5.91 Å². The topological polar surface area (TPSA) is 95.6 Å². The smallest absolute Gasteiger partial charge is 0.426 e. The number of amides is 1. The Kier molecular flexibility index (Phi) is 6.63. The lowest BCUT2D eigenvalue weighted by Crippen LogP contribution is -2.53. The molecule has 0 heterocycles. The van der Waals surface area contributed by atoms with Crippen molar-refractivity contribution in [3.8, 4) is 0 Å². The van der Waals surface area contributed by atoms with Gasteiger partial charge in [-0.05, 0) is 18.3 Å². The highest BCUT2D eigenvalue weighted by molar-refractivity contribution is 6.43. The number of hydrogen-bond donors (Lipinski definition) is 4. The number of nitrogens with two attached hydrogens (primary N) is 1. The molecular weight excluding hydrogens is 207 g/mol. The fourth-order valence-corrected chi connectivity index (χ4v) is 1.34. The molecule has 6 heteroatoms. The second-order valence-electron chi connectivity index (χ2n) is 4.93. The SMILES string of the molecule is CC(C)C[C@H](NC(=O)[C@@H](N)C(C)C)B(O)O. The first-order valence-electron chi connectivity index (χ1n) is 5.67. The summed E-state index contributed by atoms with van der Waals surface area (Å²) in [6, 6.07) is -0.617. The normalized spacial score (nSPS) is 15.1. The Bertz CT molecular complexity index is 222. The van der Waals surface area contributed by atoms with Gasteiger partial charge in [0.15, 0.2) is 0 Å². The molecule has 0 rings (SSSR count). The Morgan fingerprint density at radius 2 is 1.81 bits per heavy atom. The van der Waals surface area contributed by atoms with Gasteiger partial charge in [-0.25, -0.2) is 0 Å². The predicted octanol–water partition coefficient (Wildman–Crippen LogP) is -0.487. The molecule has 2 atom stereocenters. The van der Waals surface area contributed by atoms with Crippen LogP contribution < -0.4 is 11.1 Å². The number of nitrogens with one attached hydrogen (secondary N) is 1. The van der Waals surface area contributed by atoms with Gasteiger partial charge in [0.25, 0.3) is 0 Å². The van der Waals surface area contributed by atoms with Crippen LogP contribution in [0.2, 0.25) is 0 Å². The van der Waals surface area contributed by atoms with E-state index in [-0.39, 0.29) is 17.7 Å². The van der Waals surface area contributed by atoms with Crippen molar-refractivity contribution in [2.45, 2.75) is 46.1 Å². The second-order valence-corrected chi connectivity index (χ2v) is 4.93. The molecule has 0 radical (unpaired) electrons. The van der Waals surface area contributed by atoms with E-state index >= 15 is 0 Å². The fourth-order valence-electron chi connectivity index (χ4n) is 1.34. The molecule has 0 aliphatic rings. The first-order valence-corrected chi connectivity index (χ1v) is 5.67. The Hall–Kier alpha value is -0.585. The van der Waals surface area contributed by atoms with Crippen molar-refractivity contribution in [2.24, 2.45) is 17.6 Å². The van der Waals surface area contributed by atoms with E-state index in [0.29, 0.717) is 6.42 Å². The molecule has 5 nitrogen and oxygen atoms in total. The standard InChI is InChI=1S/C10H23BN2O3/c1-6(2)5-8(11(15)16)13-10(14)9(12)7(3)4/h6-9,15-16H,5,12H2,1-4H3,(H,13,14)/t8-,9-/m0/s1. The molecule has 94 valence electrons. The Labute approximate surface area is 97.6 Å². The molecule has 0 saturated heterocycles. The highest BCUT2D eigenvalue weighted by atomic mass is 16.4. The summed E-state index contributed by atoms with van der Waals surface area (Å²) in [5.41, 5.74) is 5.66. The first kappa shape index (κ1) is 15.4. The molecule has 0 unspecified atom stereocenters. The summed E-state index contributed by atoms with van der Waals surface area (Å²) in [6.07, 6.45) is 0.508. The van der Waals surface area contributed by atoms with Crippen molar-refractivity contribution in [2.75, 3.05) is 0 Å². The molecule has 5 N–H and O–H groups in total. The minimum absolute atomic E-state index is 0.0236. The summed E-state index contributed by atoms with van der Waals surface area (Å²) in [7, 11) is -1.55. The van der Waals surface area contributed by atoms with Gasteiger partial charge in [-0.1, -0.05) is 27.7 Å². The van der Waals surface area contributed by atoms with Crippen LogP contribution in [0.4, 0.5) is 0 Å². The van der Waals surface area contributed by atoms with E-state index < -0.39 is 19.1 Å². The summed E-state index contributed by atoms with van der Waals surface area (Å²) in [5.74, 6) is -0.705. The van der Waals surface area contributed by atoms with Crippen LogP contribution in [0.3, 0.4) is 0 Å². The molecule has 0 aliphatic heterocycles. The van der Waals surface area contributed by atoms with Crippen LogP contribution in [-0.2, 0) is 4.79 Å². The molecule has 0 saturated carbocycles. The van der Waals surface area contributed by atoms with Gasteiger partial charge in [0.05, 0.1) is 12.0 Å². The predicted molar refractivity (Wildman–Crippen MR) is 64.4 cm³/mol. The monoisotopic (exact) mass is 230 g/mol. The molecule has 0 aliphatic carbocycles. The van der Waals surface area contributed by atoms with E-state index in [0.717, 1.165) is 0 Å². The molecule has 0 fully saturated rings. The molecular formula is C10H23BN2O3. The van der Waals surface area contributed by atoms with E-state index in [4.69, 9.17) is 15.8 Å². The van der Waals surface area contributed by atoms with Gasteiger partial charge in [-0.15, -0.1) is 0 Å². The minimum atomic E-state index is -1.55. The first-order chi connectivity index (χ1) is 7.25. The molecule has 0 spiro atoms. The lowest BCUT2D eigenvalue weighted by molar-refractivity contribution is -0.123. The van der Waals surface area contributed by atoms with E-state index in [1.165, 1.54) is 0 Å². The molecule has 0 aromatic heterocycles. The van der Waals surface area contributed by atoms with Crippen LogP contribution >= 0.6 is 0 Å². The summed E-state index contributed by atoms with van der Waals surface area (Å²) in [4.78, 5) is 11.6. The summed E-state index contributed by atoms with van der Waals surface area (Å²) in [6.45, 7) is 7.59. The fraction of sp³-hybridized carbons (Fsp3) is 0.900. The number of carbonyl (C=O) groups is 1. The Balaban J connectivity index is 4.34. The molecule has 0 bridgehead atoms. The number of carbonyl (C=O) groups excluding carboxylic acids is 1. The molecule has 1 amide bonds. The van der Waals surface area contributed by atoms with Crippen molar-refractivity contribution in [1.82, 2.24) is 5.32 Å². The molecule has 16 heavy (non-hydrogen) atoms. The third-order valence-corrected chi connectivity index (χ3v) is 2.43. The lowest BCUT2D eigenvalue weighted by atomic mass is 9.75. The van der Waals surface area contributed by atoms with E-state index in [9.17, 15) is 4.79 Å². The van der Waals surface area contributed by atoms with Gasteiger partial charge in [-0.2, -0.15) is 0 Å². The third kappa shape index (κ3) is 5.49. The van der Waals surface area contributed by atoms with Crippen LogP contribution in [0.25, 0.3) is 0 Å². The maximum absolute atomic E-state index is 11.6. The highest BCUT2D eigenvalue weighted by Crippen LogP contribution is 2.07. The number of rotatable bonds is 6. The summed E-state index contributed by atoms with van der Waals surface area (Å²) >= 11 is 0. The van der Waals surface area contributed by atoms with Gasteiger partial charge in [0, 0.05) is 0 Å². The Morgan fingerprint density at radius 1 is 1.31 bits per heavy atom. The largest absolute Gasteiger partial charge is 0.475 e. The lowest BCUT2D eigenvalue weighted by Gasteiger charge is -2.23. The van der Waals surface area contributed by atoms with Crippen LogP contribution in [-0.4, -0.2) is 35.1 Å². The van der Waals surface area contributed by atoms with Crippen LogP contribution in [0.15, 0.2) is 0 Å². The van der Waals surface area contributed by atoms with Crippen molar-refractivity contribution in [3.05, 3.63) is 0 Å². The molecule has 0 aromatic rings.